The number of fused-ring (bicyclic) bond motifs is 1. The summed E-state index contributed by atoms with van der Waals surface area (Å²) in [5.74, 6) is -0.622. The highest BCUT2D eigenvalue weighted by Crippen LogP contribution is 2.38. The Labute approximate surface area is 115 Å². The largest absolute Gasteiger partial charge is 0.366 e. The summed E-state index contributed by atoms with van der Waals surface area (Å²) in [4.78, 5) is 0. The number of ether oxygens (including phenoxy) is 3. The number of rotatable bonds is 6. The van der Waals surface area contributed by atoms with Crippen LogP contribution in [-0.4, -0.2) is 35.5 Å². The average molecular weight is 270 g/mol. The fraction of sp³-hybridized carbons (Fsp3) is 0.867. The van der Waals surface area contributed by atoms with Gasteiger partial charge in [0.1, 0.15) is 12.2 Å². The van der Waals surface area contributed by atoms with Crippen molar-refractivity contribution in [2.75, 3.05) is 0 Å². The van der Waals surface area contributed by atoms with Crippen LogP contribution < -0.4 is 0 Å². The summed E-state index contributed by atoms with van der Waals surface area (Å²) in [6, 6.07) is 0. The van der Waals surface area contributed by atoms with Crippen LogP contribution in [0.3, 0.4) is 0 Å². The van der Waals surface area contributed by atoms with Crippen molar-refractivity contribution in [1.29, 1.82) is 0 Å². The van der Waals surface area contributed by atoms with Gasteiger partial charge in [0.05, 0.1) is 6.10 Å². The monoisotopic (exact) mass is 270 g/mol. The number of allylic oxidation sites excluding steroid dienone is 1. The molecule has 0 bridgehead atoms. The van der Waals surface area contributed by atoms with Crippen molar-refractivity contribution in [2.45, 2.75) is 83.3 Å². The Kier molecular flexibility index (Phi) is 5.01. The average Bonchev–Trinajstić information content (AvgIpc) is 2.80. The van der Waals surface area contributed by atoms with E-state index in [1.165, 1.54) is 19.3 Å². The van der Waals surface area contributed by atoms with Crippen LogP contribution in [0.15, 0.2) is 12.2 Å². The molecule has 2 aliphatic rings. The number of unbranched alkanes of at least 4 members (excludes halogenated alkanes) is 3. The highest BCUT2D eigenvalue weighted by Gasteiger charge is 2.54. The standard InChI is InChI=1S/C15H26O4/c1-4-5-6-7-8-9-10-11-12-13(14(16)17-11)19-15(2,3)18-12/h8-9,11-14,16H,4-7,10H2,1-3H3/b9-8+/t11-,12+,13+,14?/m0/s1. The molecule has 0 radical (unpaired) electrons. The van der Waals surface area contributed by atoms with E-state index in [0.29, 0.717) is 0 Å². The first-order valence-electron chi connectivity index (χ1n) is 7.37. The molecule has 0 aliphatic carbocycles. The predicted octanol–water partition coefficient (Wildman–Crippen LogP) is 2.75. The van der Waals surface area contributed by atoms with Gasteiger partial charge in [-0.3, -0.25) is 0 Å². The van der Waals surface area contributed by atoms with E-state index in [-0.39, 0.29) is 18.3 Å². The summed E-state index contributed by atoms with van der Waals surface area (Å²) >= 11 is 0. The Hall–Kier alpha value is -0.420. The van der Waals surface area contributed by atoms with Gasteiger partial charge in [0.25, 0.3) is 0 Å². The Bertz CT molecular complexity index is 313. The van der Waals surface area contributed by atoms with Gasteiger partial charge < -0.3 is 19.3 Å². The van der Waals surface area contributed by atoms with E-state index >= 15 is 0 Å². The van der Waals surface area contributed by atoms with Gasteiger partial charge in [0.15, 0.2) is 12.1 Å². The van der Waals surface area contributed by atoms with Crippen molar-refractivity contribution in [1.82, 2.24) is 0 Å². The lowest BCUT2D eigenvalue weighted by atomic mass is 10.1. The van der Waals surface area contributed by atoms with Crippen LogP contribution in [0.25, 0.3) is 0 Å². The molecule has 0 aromatic rings. The van der Waals surface area contributed by atoms with E-state index in [0.717, 1.165) is 12.8 Å². The smallest absolute Gasteiger partial charge is 0.184 e. The van der Waals surface area contributed by atoms with E-state index < -0.39 is 12.1 Å². The van der Waals surface area contributed by atoms with Crippen LogP contribution in [0.4, 0.5) is 0 Å². The molecule has 0 amide bonds. The molecule has 4 atom stereocenters. The molecule has 2 saturated heterocycles. The first kappa shape index (κ1) is 15.0. The molecule has 1 N–H and O–H groups in total. The maximum absolute atomic E-state index is 9.82. The van der Waals surface area contributed by atoms with Crippen LogP contribution in [0.2, 0.25) is 0 Å². The van der Waals surface area contributed by atoms with Crippen molar-refractivity contribution < 1.29 is 19.3 Å². The number of hydrogen-bond acceptors (Lipinski definition) is 4. The Morgan fingerprint density at radius 1 is 1.11 bits per heavy atom. The Balaban J connectivity index is 1.78. The maximum Gasteiger partial charge on any atom is 0.184 e. The second-order valence-corrected chi connectivity index (χ2v) is 5.83. The molecule has 0 spiro atoms. The highest BCUT2D eigenvalue weighted by atomic mass is 16.8. The summed E-state index contributed by atoms with van der Waals surface area (Å²) < 4.78 is 17.0. The van der Waals surface area contributed by atoms with Crippen LogP contribution in [-0.2, 0) is 14.2 Å². The molecule has 0 saturated carbocycles. The maximum atomic E-state index is 9.82. The molecule has 2 aliphatic heterocycles. The van der Waals surface area contributed by atoms with Gasteiger partial charge in [-0.15, -0.1) is 0 Å². The highest BCUT2D eigenvalue weighted by molar-refractivity contribution is 4.98. The third-order valence-electron chi connectivity index (χ3n) is 3.63. The quantitative estimate of drug-likeness (QED) is 0.595. The molecule has 0 aromatic heterocycles. The fourth-order valence-electron chi connectivity index (χ4n) is 2.71. The molecular formula is C15H26O4. The molecule has 4 nitrogen and oxygen atoms in total. The van der Waals surface area contributed by atoms with Crippen LogP contribution in [0.1, 0.15) is 52.9 Å². The van der Waals surface area contributed by atoms with E-state index in [9.17, 15) is 5.11 Å². The van der Waals surface area contributed by atoms with Crippen molar-refractivity contribution in [3.05, 3.63) is 12.2 Å². The lowest BCUT2D eigenvalue weighted by Crippen LogP contribution is -2.29. The minimum absolute atomic E-state index is 0.107. The van der Waals surface area contributed by atoms with Crippen LogP contribution >= 0.6 is 0 Å². The molecule has 19 heavy (non-hydrogen) atoms. The van der Waals surface area contributed by atoms with Gasteiger partial charge in [0.2, 0.25) is 0 Å². The van der Waals surface area contributed by atoms with Gasteiger partial charge in [-0.05, 0) is 33.1 Å². The van der Waals surface area contributed by atoms with Gasteiger partial charge in [0, 0.05) is 0 Å². The third kappa shape index (κ3) is 3.78. The number of hydrogen-bond donors (Lipinski definition) is 1. The normalized spacial score (nSPS) is 37.1. The molecule has 1 unspecified atom stereocenters. The van der Waals surface area contributed by atoms with Crippen molar-refractivity contribution in [3.63, 3.8) is 0 Å². The summed E-state index contributed by atoms with van der Waals surface area (Å²) in [6.07, 6.45) is 8.47. The molecule has 110 valence electrons. The SMILES string of the molecule is CCCCC/C=C/C[C@@H]1OC(O)[C@@H]2OC(C)(C)O[C@H]12. The molecule has 2 fully saturated rings. The first-order chi connectivity index (χ1) is 9.03. The Morgan fingerprint density at radius 3 is 2.58 bits per heavy atom. The summed E-state index contributed by atoms with van der Waals surface area (Å²) in [5, 5.41) is 9.82. The summed E-state index contributed by atoms with van der Waals surface area (Å²) in [5.41, 5.74) is 0. The number of aliphatic hydroxyl groups is 1. The van der Waals surface area contributed by atoms with Crippen LogP contribution in [0, 0.1) is 0 Å². The van der Waals surface area contributed by atoms with Gasteiger partial charge >= 0.3 is 0 Å². The van der Waals surface area contributed by atoms with Gasteiger partial charge in [-0.25, -0.2) is 0 Å². The lowest BCUT2D eigenvalue weighted by Gasteiger charge is -2.22. The fourth-order valence-corrected chi connectivity index (χ4v) is 2.71. The van der Waals surface area contributed by atoms with E-state index in [2.05, 4.69) is 19.1 Å². The molecule has 2 heterocycles. The van der Waals surface area contributed by atoms with Crippen molar-refractivity contribution in [3.8, 4) is 0 Å². The predicted molar refractivity (Wildman–Crippen MR) is 72.6 cm³/mol. The molecule has 2 rings (SSSR count). The second kappa shape index (κ2) is 6.35. The van der Waals surface area contributed by atoms with E-state index in [1.54, 1.807) is 0 Å². The topological polar surface area (TPSA) is 47.9 Å². The van der Waals surface area contributed by atoms with Crippen molar-refractivity contribution >= 4 is 0 Å². The first-order valence-corrected chi connectivity index (χ1v) is 7.37. The Morgan fingerprint density at radius 2 is 1.84 bits per heavy atom. The molecule has 4 heteroatoms. The van der Waals surface area contributed by atoms with E-state index in [4.69, 9.17) is 14.2 Å². The zero-order valence-electron chi connectivity index (χ0n) is 12.2. The third-order valence-corrected chi connectivity index (χ3v) is 3.63. The zero-order chi connectivity index (χ0) is 13.9. The minimum atomic E-state index is -0.870. The molecule has 0 aromatic carbocycles. The van der Waals surface area contributed by atoms with Crippen LogP contribution in [0.5, 0.6) is 0 Å². The second-order valence-electron chi connectivity index (χ2n) is 5.83. The lowest BCUT2D eigenvalue weighted by molar-refractivity contribution is -0.219. The van der Waals surface area contributed by atoms with Gasteiger partial charge in [-0.2, -0.15) is 0 Å². The van der Waals surface area contributed by atoms with Gasteiger partial charge in [-0.1, -0.05) is 31.9 Å². The number of aliphatic hydroxyl groups excluding tert-OH is 1. The summed E-state index contributed by atoms with van der Waals surface area (Å²) in [6.45, 7) is 5.95. The zero-order valence-corrected chi connectivity index (χ0v) is 12.2. The van der Waals surface area contributed by atoms with Crippen molar-refractivity contribution in [2.24, 2.45) is 0 Å². The van der Waals surface area contributed by atoms with E-state index in [1.807, 2.05) is 13.8 Å². The minimum Gasteiger partial charge on any atom is -0.366 e. The summed E-state index contributed by atoms with van der Waals surface area (Å²) in [7, 11) is 0. The molecular weight excluding hydrogens is 244 g/mol.